The minimum atomic E-state index is -0.194. The molecule has 0 aromatic heterocycles. The van der Waals surface area contributed by atoms with Gasteiger partial charge < -0.3 is 20.4 Å². The largest absolute Gasteiger partial charge is 0.341 e. The number of benzene rings is 2. The predicted octanol–water partition coefficient (Wildman–Crippen LogP) is 3.61. The van der Waals surface area contributed by atoms with Crippen molar-refractivity contribution in [2.24, 2.45) is 0 Å². The lowest BCUT2D eigenvalue weighted by Gasteiger charge is -2.22. The summed E-state index contributed by atoms with van der Waals surface area (Å²) >= 11 is 5.96. The van der Waals surface area contributed by atoms with Crippen LogP contribution in [0.15, 0.2) is 48.5 Å². The summed E-state index contributed by atoms with van der Waals surface area (Å²) in [5, 5.41) is 6.12. The van der Waals surface area contributed by atoms with Crippen molar-refractivity contribution < 1.29 is 14.4 Å². The van der Waals surface area contributed by atoms with E-state index in [9.17, 15) is 14.4 Å². The van der Waals surface area contributed by atoms with Crippen molar-refractivity contribution in [3.8, 4) is 0 Å². The Morgan fingerprint density at radius 1 is 0.900 bits per heavy atom. The summed E-state index contributed by atoms with van der Waals surface area (Å²) < 4.78 is 0. The average molecular weight is 429 g/mol. The molecule has 7 nitrogen and oxygen atoms in total. The monoisotopic (exact) mass is 428 g/mol. The van der Waals surface area contributed by atoms with Crippen LogP contribution in [0.25, 0.3) is 0 Å². The standard InChI is InChI=1S/C22H25ClN4O3/c1-16(28)24-19-8-6-17(7-9-19)14-21(29)26-10-3-11-27(13-12-26)22(30)25-20-5-2-4-18(23)15-20/h2,4-9,15H,3,10-14H2,1H3,(H,24,28)(H,25,30). The topological polar surface area (TPSA) is 81.8 Å². The van der Waals surface area contributed by atoms with Crippen LogP contribution in [0.3, 0.4) is 0 Å². The van der Waals surface area contributed by atoms with Crippen LogP contribution >= 0.6 is 11.6 Å². The average Bonchev–Trinajstić information content (AvgIpc) is 2.95. The van der Waals surface area contributed by atoms with Crippen LogP contribution in [0, 0.1) is 0 Å². The Labute approximate surface area is 181 Å². The van der Waals surface area contributed by atoms with Gasteiger partial charge in [0, 0.05) is 49.5 Å². The number of rotatable bonds is 4. The first-order valence-corrected chi connectivity index (χ1v) is 10.2. The van der Waals surface area contributed by atoms with Gasteiger partial charge in [-0.25, -0.2) is 4.79 Å². The molecular formula is C22H25ClN4O3. The van der Waals surface area contributed by atoms with Crippen LogP contribution < -0.4 is 10.6 Å². The van der Waals surface area contributed by atoms with Gasteiger partial charge >= 0.3 is 6.03 Å². The fourth-order valence-corrected chi connectivity index (χ4v) is 3.52. The molecule has 2 aromatic rings. The lowest BCUT2D eigenvalue weighted by atomic mass is 10.1. The van der Waals surface area contributed by atoms with Gasteiger partial charge in [-0.15, -0.1) is 0 Å². The number of hydrogen-bond donors (Lipinski definition) is 2. The smallest absolute Gasteiger partial charge is 0.321 e. The van der Waals surface area contributed by atoms with Gasteiger partial charge in [0.25, 0.3) is 0 Å². The fourth-order valence-electron chi connectivity index (χ4n) is 3.33. The molecule has 0 aliphatic carbocycles. The molecule has 0 bridgehead atoms. The van der Waals surface area contributed by atoms with Crippen molar-refractivity contribution in [2.75, 3.05) is 36.8 Å². The van der Waals surface area contributed by atoms with Gasteiger partial charge in [0.1, 0.15) is 0 Å². The zero-order valence-electron chi connectivity index (χ0n) is 16.9. The second kappa shape index (κ2) is 10.1. The van der Waals surface area contributed by atoms with E-state index in [1.165, 1.54) is 6.92 Å². The summed E-state index contributed by atoms with van der Waals surface area (Å²) in [6, 6.07) is 14.1. The minimum absolute atomic E-state index is 0.0272. The molecule has 0 spiro atoms. The summed E-state index contributed by atoms with van der Waals surface area (Å²) in [7, 11) is 0. The number of halogens is 1. The Morgan fingerprint density at radius 3 is 2.30 bits per heavy atom. The van der Waals surface area contributed by atoms with E-state index < -0.39 is 0 Å². The molecule has 1 aliphatic heterocycles. The zero-order chi connectivity index (χ0) is 21.5. The van der Waals surface area contributed by atoms with E-state index >= 15 is 0 Å². The summed E-state index contributed by atoms with van der Waals surface area (Å²) in [5.41, 5.74) is 2.23. The van der Waals surface area contributed by atoms with Crippen LogP contribution in [-0.4, -0.2) is 53.8 Å². The number of carbonyl (C=O) groups is 3. The Bertz CT molecular complexity index is 917. The van der Waals surface area contributed by atoms with Crippen molar-refractivity contribution in [1.29, 1.82) is 0 Å². The highest BCUT2D eigenvalue weighted by Crippen LogP contribution is 2.16. The number of hydrogen-bond acceptors (Lipinski definition) is 3. The van der Waals surface area contributed by atoms with E-state index in [0.717, 1.165) is 12.0 Å². The molecule has 8 heteroatoms. The van der Waals surface area contributed by atoms with Crippen molar-refractivity contribution in [2.45, 2.75) is 19.8 Å². The molecule has 3 rings (SSSR count). The molecule has 2 N–H and O–H groups in total. The van der Waals surface area contributed by atoms with Crippen LogP contribution in [0.5, 0.6) is 0 Å². The normalized spacial score (nSPS) is 14.1. The molecule has 0 radical (unpaired) electrons. The summed E-state index contributed by atoms with van der Waals surface area (Å²) in [6.07, 6.45) is 1.01. The lowest BCUT2D eigenvalue weighted by molar-refractivity contribution is -0.130. The highest BCUT2D eigenvalue weighted by atomic mass is 35.5. The predicted molar refractivity (Wildman–Crippen MR) is 118 cm³/mol. The number of urea groups is 1. The Morgan fingerprint density at radius 2 is 1.60 bits per heavy atom. The molecule has 158 valence electrons. The van der Waals surface area contributed by atoms with E-state index in [1.54, 1.807) is 46.2 Å². The third-order valence-corrected chi connectivity index (χ3v) is 5.08. The highest BCUT2D eigenvalue weighted by molar-refractivity contribution is 6.30. The number of nitrogens with zero attached hydrogens (tertiary/aromatic N) is 2. The first-order chi connectivity index (χ1) is 14.4. The second-order valence-corrected chi connectivity index (χ2v) is 7.65. The maximum atomic E-state index is 12.7. The van der Waals surface area contributed by atoms with Gasteiger partial charge in [0.05, 0.1) is 6.42 Å². The van der Waals surface area contributed by atoms with E-state index in [1.807, 2.05) is 12.1 Å². The molecule has 0 atom stereocenters. The number of anilines is 2. The molecule has 0 unspecified atom stereocenters. The quantitative estimate of drug-likeness (QED) is 0.780. The Balaban J connectivity index is 1.52. The van der Waals surface area contributed by atoms with E-state index in [2.05, 4.69) is 10.6 Å². The SMILES string of the molecule is CC(=O)Nc1ccc(CC(=O)N2CCCN(C(=O)Nc3cccc(Cl)c3)CC2)cc1. The van der Waals surface area contributed by atoms with Crippen LogP contribution in [-0.2, 0) is 16.0 Å². The van der Waals surface area contributed by atoms with Gasteiger partial charge in [-0.3, -0.25) is 9.59 Å². The van der Waals surface area contributed by atoms with Crippen molar-refractivity contribution >= 4 is 40.8 Å². The number of amides is 4. The van der Waals surface area contributed by atoms with Crippen LogP contribution in [0.2, 0.25) is 5.02 Å². The minimum Gasteiger partial charge on any atom is -0.341 e. The van der Waals surface area contributed by atoms with Crippen molar-refractivity contribution in [1.82, 2.24) is 9.80 Å². The Kier molecular flexibility index (Phi) is 7.30. The highest BCUT2D eigenvalue weighted by Gasteiger charge is 2.22. The molecule has 2 aromatic carbocycles. The number of nitrogens with one attached hydrogen (secondary N) is 2. The third-order valence-electron chi connectivity index (χ3n) is 4.84. The summed E-state index contributed by atoms with van der Waals surface area (Å²) in [6.45, 7) is 3.62. The summed E-state index contributed by atoms with van der Waals surface area (Å²) in [4.78, 5) is 39.9. The van der Waals surface area contributed by atoms with Gasteiger partial charge in [0.2, 0.25) is 11.8 Å². The van der Waals surface area contributed by atoms with Gasteiger partial charge in [0.15, 0.2) is 0 Å². The molecule has 4 amide bonds. The lowest BCUT2D eigenvalue weighted by Crippen LogP contribution is -2.39. The van der Waals surface area contributed by atoms with Crippen LogP contribution in [0.4, 0.5) is 16.2 Å². The molecule has 1 heterocycles. The van der Waals surface area contributed by atoms with Gasteiger partial charge in [-0.05, 0) is 42.3 Å². The molecule has 0 saturated carbocycles. The summed E-state index contributed by atoms with van der Waals surface area (Å²) in [5.74, 6) is -0.105. The second-order valence-electron chi connectivity index (χ2n) is 7.22. The van der Waals surface area contributed by atoms with Crippen molar-refractivity contribution in [3.05, 3.63) is 59.1 Å². The fraction of sp³-hybridized carbons (Fsp3) is 0.318. The van der Waals surface area contributed by atoms with E-state index in [-0.39, 0.29) is 24.3 Å². The van der Waals surface area contributed by atoms with Gasteiger partial charge in [-0.2, -0.15) is 0 Å². The third kappa shape index (κ3) is 6.22. The first-order valence-electron chi connectivity index (χ1n) is 9.86. The molecule has 30 heavy (non-hydrogen) atoms. The number of carbonyl (C=O) groups excluding carboxylic acids is 3. The van der Waals surface area contributed by atoms with E-state index in [4.69, 9.17) is 11.6 Å². The zero-order valence-corrected chi connectivity index (χ0v) is 17.6. The van der Waals surface area contributed by atoms with Gasteiger partial charge in [-0.1, -0.05) is 29.8 Å². The van der Waals surface area contributed by atoms with Crippen molar-refractivity contribution in [3.63, 3.8) is 0 Å². The first kappa shape index (κ1) is 21.6. The molecular weight excluding hydrogens is 404 g/mol. The molecule has 1 fully saturated rings. The maximum absolute atomic E-state index is 12.7. The maximum Gasteiger partial charge on any atom is 0.321 e. The van der Waals surface area contributed by atoms with Crippen LogP contribution in [0.1, 0.15) is 18.9 Å². The van der Waals surface area contributed by atoms with E-state index in [0.29, 0.717) is 42.6 Å². The molecule has 1 saturated heterocycles. The Hall–Kier alpha value is -3.06. The molecule has 1 aliphatic rings.